The Kier molecular flexibility index (Phi) is 10.7. The first kappa shape index (κ1) is 33.5. The number of rotatable bonds is 9. The van der Waals surface area contributed by atoms with Crippen molar-refractivity contribution in [3.8, 4) is 46.0 Å². The van der Waals surface area contributed by atoms with Crippen LogP contribution in [0.15, 0.2) is 103 Å². The third-order valence-electron chi connectivity index (χ3n) is 5.74. The molecule has 3 rings (SSSR count). The van der Waals surface area contributed by atoms with Gasteiger partial charge in [-0.15, -0.1) is 0 Å². The lowest BCUT2D eigenvalue weighted by atomic mass is 10.0. The van der Waals surface area contributed by atoms with Crippen LogP contribution >= 0.6 is 0 Å². The van der Waals surface area contributed by atoms with Crippen LogP contribution < -0.4 is 18.9 Å². The number of carbonyl (C=O) groups excluding carboxylic acids is 4. The van der Waals surface area contributed by atoms with Crippen molar-refractivity contribution in [3.05, 3.63) is 120 Å². The average molecular weight is 609 g/mol. The van der Waals surface area contributed by atoms with Gasteiger partial charge in [0.1, 0.15) is 5.82 Å². The lowest BCUT2D eigenvalue weighted by molar-refractivity contribution is -0.132. The standard InChI is InChI=1S/C36H29FO8/c1-20(2)33(38)42-29-15-10-24(17-31(29)44-35(40)22(5)6)9-11-25-12-13-26(18-28(25)37)27-14-16-30(43-34(39)21(3)4)32(19-27)45-36(41)23(7)8/h10,12-19H,1,3,5,7H2,2,4,6,8H3. The number of carbonyl (C=O) groups is 4. The molecule has 0 heterocycles. The smallest absolute Gasteiger partial charge is 0.338 e. The topological polar surface area (TPSA) is 105 Å². The first-order valence-electron chi connectivity index (χ1n) is 13.3. The van der Waals surface area contributed by atoms with Gasteiger partial charge >= 0.3 is 23.9 Å². The number of halogens is 1. The van der Waals surface area contributed by atoms with Gasteiger partial charge < -0.3 is 18.9 Å². The number of ether oxygens (including phenoxy) is 4. The summed E-state index contributed by atoms with van der Waals surface area (Å²) in [5.41, 5.74) is 1.78. The minimum Gasteiger partial charge on any atom is -0.419 e. The van der Waals surface area contributed by atoms with E-state index in [4.69, 9.17) is 18.9 Å². The van der Waals surface area contributed by atoms with Gasteiger partial charge in [-0.2, -0.15) is 0 Å². The predicted molar refractivity (Wildman–Crippen MR) is 166 cm³/mol. The Morgan fingerprint density at radius 1 is 0.533 bits per heavy atom. The second-order valence-corrected chi connectivity index (χ2v) is 9.95. The van der Waals surface area contributed by atoms with Crippen molar-refractivity contribution in [2.45, 2.75) is 27.7 Å². The van der Waals surface area contributed by atoms with Crippen LogP contribution in [0.2, 0.25) is 0 Å². The molecule has 45 heavy (non-hydrogen) atoms. The lowest BCUT2D eigenvalue weighted by Crippen LogP contribution is -2.12. The van der Waals surface area contributed by atoms with E-state index in [9.17, 15) is 19.2 Å². The van der Waals surface area contributed by atoms with Crippen molar-refractivity contribution in [2.24, 2.45) is 0 Å². The molecule has 0 N–H and O–H groups in total. The molecule has 0 amide bonds. The minimum absolute atomic E-state index is 0.0296. The molecular weight excluding hydrogens is 579 g/mol. The number of esters is 4. The van der Waals surface area contributed by atoms with Crippen LogP contribution in [0.3, 0.4) is 0 Å². The van der Waals surface area contributed by atoms with E-state index in [1.807, 2.05) is 0 Å². The molecule has 228 valence electrons. The van der Waals surface area contributed by atoms with Gasteiger partial charge in [0.05, 0.1) is 5.56 Å². The van der Waals surface area contributed by atoms with Crippen LogP contribution in [0.5, 0.6) is 23.0 Å². The van der Waals surface area contributed by atoms with E-state index in [-0.39, 0.29) is 50.9 Å². The molecule has 3 aromatic carbocycles. The van der Waals surface area contributed by atoms with E-state index in [1.54, 1.807) is 12.1 Å². The monoisotopic (exact) mass is 608 g/mol. The Morgan fingerprint density at radius 2 is 0.933 bits per heavy atom. The highest BCUT2D eigenvalue weighted by atomic mass is 19.1. The summed E-state index contributed by atoms with van der Waals surface area (Å²) in [6.07, 6.45) is 0. The first-order valence-corrected chi connectivity index (χ1v) is 13.3. The zero-order chi connectivity index (χ0) is 33.4. The molecular formula is C36H29FO8. The van der Waals surface area contributed by atoms with E-state index >= 15 is 4.39 Å². The summed E-state index contributed by atoms with van der Waals surface area (Å²) in [6.45, 7) is 20.0. The lowest BCUT2D eigenvalue weighted by Gasteiger charge is -2.13. The highest BCUT2D eigenvalue weighted by molar-refractivity contribution is 5.92. The minimum atomic E-state index is -0.742. The van der Waals surface area contributed by atoms with Crippen LogP contribution in [-0.4, -0.2) is 23.9 Å². The maximum atomic E-state index is 15.2. The maximum Gasteiger partial charge on any atom is 0.338 e. The van der Waals surface area contributed by atoms with Gasteiger partial charge in [-0.3, -0.25) is 0 Å². The molecule has 0 atom stereocenters. The molecule has 0 fully saturated rings. The zero-order valence-electron chi connectivity index (χ0n) is 25.2. The number of hydrogen-bond donors (Lipinski definition) is 0. The van der Waals surface area contributed by atoms with Crippen LogP contribution in [0.1, 0.15) is 38.8 Å². The molecule has 0 saturated carbocycles. The summed E-state index contributed by atoms with van der Waals surface area (Å²) in [7, 11) is 0. The maximum absolute atomic E-state index is 15.2. The highest BCUT2D eigenvalue weighted by Gasteiger charge is 2.18. The van der Waals surface area contributed by atoms with E-state index in [0.717, 1.165) is 0 Å². The second-order valence-electron chi connectivity index (χ2n) is 9.95. The van der Waals surface area contributed by atoms with Gasteiger partial charge in [0.25, 0.3) is 0 Å². The Bertz CT molecular complexity index is 1850. The SMILES string of the molecule is C=C(C)C(=O)Oc1ccc(C#Cc2ccc(-c3ccc(OC(=O)C(=C)C)c(OC(=O)C(=C)C)c3)cc2F)cc1OC(=O)C(=C)C. The van der Waals surface area contributed by atoms with Crippen molar-refractivity contribution >= 4 is 23.9 Å². The molecule has 0 aromatic heterocycles. The molecule has 0 aliphatic heterocycles. The third kappa shape index (κ3) is 8.99. The largest absolute Gasteiger partial charge is 0.419 e. The van der Waals surface area contributed by atoms with Crippen molar-refractivity contribution in [1.29, 1.82) is 0 Å². The van der Waals surface area contributed by atoms with Crippen molar-refractivity contribution in [1.82, 2.24) is 0 Å². The summed E-state index contributed by atoms with van der Waals surface area (Å²) < 4.78 is 36.4. The predicted octanol–water partition coefficient (Wildman–Crippen LogP) is 6.82. The Morgan fingerprint density at radius 3 is 1.40 bits per heavy atom. The van der Waals surface area contributed by atoms with E-state index in [2.05, 4.69) is 38.2 Å². The summed E-state index contributed by atoms with van der Waals surface area (Å²) in [6, 6.07) is 13.0. The summed E-state index contributed by atoms with van der Waals surface area (Å²) in [5, 5.41) is 0. The fourth-order valence-electron chi connectivity index (χ4n) is 3.29. The summed E-state index contributed by atoms with van der Waals surface area (Å²) in [4.78, 5) is 48.4. The summed E-state index contributed by atoms with van der Waals surface area (Å²) in [5.74, 6) is 1.75. The van der Waals surface area contributed by atoms with Crippen molar-refractivity contribution in [2.75, 3.05) is 0 Å². The molecule has 8 nitrogen and oxygen atoms in total. The third-order valence-corrected chi connectivity index (χ3v) is 5.74. The molecule has 0 spiro atoms. The Hall–Kier alpha value is -6.01. The molecule has 0 aliphatic carbocycles. The molecule has 0 bridgehead atoms. The average Bonchev–Trinajstić information content (AvgIpc) is 2.98. The Labute approximate surface area is 260 Å². The van der Waals surface area contributed by atoms with E-state index in [0.29, 0.717) is 16.7 Å². The van der Waals surface area contributed by atoms with Gasteiger partial charge in [-0.25, -0.2) is 23.6 Å². The van der Waals surface area contributed by atoms with Crippen LogP contribution in [0.4, 0.5) is 4.39 Å². The van der Waals surface area contributed by atoms with Crippen LogP contribution in [-0.2, 0) is 19.2 Å². The van der Waals surface area contributed by atoms with Gasteiger partial charge in [0, 0.05) is 33.9 Å². The second kappa shape index (κ2) is 14.4. The molecule has 3 aromatic rings. The fourth-order valence-corrected chi connectivity index (χ4v) is 3.29. The highest BCUT2D eigenvalue weighted by Crippen LogP contribution is 2.34. The van der Waals surface area contributed by atoms with Crippen LogP contribution in [0.25, 0.3) is 11.1 Å². The summed E-state index contributed by atoms with van der Waals surface area (Å²) >= 11 is 0. The number of hydrogen-bond acceptors (Lipinski definition) is 8. The number of benzene rings is 3. The molecule has 0 aliphatic rings. The van der Waals surface area contributed by atoms with Gasteiger partial charge in [-0.1, -0.05) is 50.3 Å². The molecule has 0 radical (unpaired) electrons. The first-order chi connectivity index (χ1) is 21.2. The molecule has 0 saturated heterocycles. The van der Waals surface area contributed by atoms with Crippen LogP contribution in [0, 0.1) is 17.7 Å². The zero-order valence-corrected chi connectivity index (χ0v) is 25.2. The van der Waals surface area contributed by atoms with Crippen molar-refractivity contribution in [3.63, 3.8) is 0 Å². The molecule has 9 heteroatoms. The van der Waals surface area contributed by atoms with E-state index < -0.39 is 29.7 Å². The molecule has 0 unspecified atom stereocenters. The normalized spacial score (nSPS) is 9.98. The van der Waals surface area contributed by atoms with E-state index in [1.165, 1.54) is 70.2 Å². The van der Waals surface area contributed by atoms with Gasteiger partial charge in [0.2, 0.25) is 0 Å². The van der Waals surface area contributed by atoms with Gasteiger partial charge in [0.15, 0.2) is 23.0 Å². The fraction of sp³-hybridized carbons (Fsp3) is 0.111. The Balaban J connectivity index is 1.95. The quantitative estimate of drug-likeness (QED) is 0.113. The van der Waals surface area contributed by atoms with Crippen molar-refractivity contribution < 1.29 is 42.5 Å². The van der Waals surface area contributed by atoms with Gasteiger partial charge in [-0.05, 0) is 75.2 Å².